The van der Waals surface area contributed by atoms with Gasteiger partial charge in [0.15, 0.2) is 5.65 Å². The van der Waals surface area contributed by atoms with Crippen LogP contribution in [0.4, 0.5) is 4.39 Å². The first-order valence-corrected chi connectivity index (χ1v) is 6.03. The monoisotopic (exact) mass is 268 g/mol. The molecular weight excluding hydrogens is 258 g/mol. The SMILES string of the molecule is OB(O)c1cc(-c2ccccc2F)nc2ncccc12. The third-order valence-electron chi connectivity index (χ3n) is 3.04. The fourth-order valence-corrected chi connectivity index (χ4v) is 2.10. The van der Waals surface area contributed by atoms with Gasteiger partial charge >= 0.3 is 7.12 Å². The van der Waals surface area contributed by atoms with Crippen molar-refractivity contribution in [1.82, 2.24) is 9.97 Å². The van der Waals surface area contributed by atoms with Crippen LogP contribution in [0.1, 0.15) is 0 Å². The van der Waals surface area contributed by atoms with Crippen LogP contribution in [-0.2, 0) is 0 Å². The number of halogens is 1. The molecular formula is C14H10BFN2O2. The van der Waals surface area contributed by atoms with E-state index in [0.29, 0.717) is 22.3 Å². The van der Waals surface area contributed by atoms with Crippen LogP contribution in [0.25, 0.3) is 22.3 Å². The van der Waals surface area contributed by atoms with E-state index in [0.717, 1.165) is 0 Å². The summed E-state index contributed by atoms with van der Waals surface area (Å²) >= 11 is 0. The Morgan fingerprint density at radius 2 is 1.85 bits per heavy atom. The average molecular weight is 268 g/mol. The maximum Gasteiger partial charge on any atom is 0.489 e. The van der Waals surface area contributed by atoms with Crippen molar-refractivity contribution in [1.29, 1.82) is 0 Å². The molecule has 2 heterocycles. The summed E-state index contributed by atoms with van der Waals surface area (Å²) in [7, 11) is -1.67. The molecule has 0 unspecified atom stereocenters. The van der Waals surface area contributed by atoms with Crippen molar-refractivity contribution in [2.75, 3.05) is 0 Å². The van der Waals surface area contributed by atoms with E-state index in [9.17, 15) is 14.4 Å². The Morgan fingerprint density at radius 3 is 2.60 bits per heavy atom. The smallest absolute Gasteiger partial charge is 0.423 e. The van der Waals surface area contributed by atoms with Gasteiger partial charge in [0.25, 0.3) is 0 Å². The largest absolute Gasteiger partial charge is 0.489 e. The zero-order valence-electron chi connectivity index (χ0n) is 10.4. The summed E-state index contributed by atoms with van der Waals surface area (Å²) < 4.78 is 13.8. The third kappa shape index (κ3) is 2.15. The van der Waals surface area contributed by atoms with Crippen molar-refractivity contribution in [3.8, 4) is 11.3 Å². The predicted molar refractivity (Wildman–Crippen MR) is 74.8 cm³/mol. The van der Waals surface area contributed by atoms with E-state index < -0.39 is 12.9 Å². The summed E-state index contributed by atoms with van der Waals surface area (Å²) in [6.45, 7) is 0. The Morgan fingerprint density at radius 1 is 1.05 bits per heavy atom. The summed E-state index contributed by atoms with van der Waals surface area (Å²) in [4.78, 5) is 8.36. The molecule has 3 aromatic rings. The first kappa shape index (κ1) is 12.7. The van der Waals surface area contributed by atoms with Crippen molar-refractivity contribution in [3.05, 3.63) is 54.5 Å². The normalized spacial score (nSPS) is 10.8. The lowest BCUT2D eigenvalue weighted by atomic mass is 9.78. The van der Waals surface area contributed by atoms with Gasteiger partial charge in [0.05, 0.1) is 5.69 Å². The van der Waals surface area contributed by atoms with Gasteiger partial charge in [-0.1, -0.05) is 18.2 Å². The van der Waals surface area contributed by atoms with Gasteiger partial charge in [-0.25, -0.2) is 14.4 Å². The summed E-state index contributed by atoms with van der Waals surface area (Å²) in [5.41, 5.74) is 1.21. The second kappa shape index (κ2) is 4.99. The second-order valence-electron chi connectivity index (χ2n) is 4.32. The lowest BCUT2D eigenvalue weighted by Crippen LogP contribution is -2.31. The molecule has 98 valence electrons. The molecule has 20 heavy (non-hydrogen) atoms. The first-order chi connectivity index (χ1) is 9.66. The Bertz CT molecular complexity index is 780. The number of hydrogen-bond acceptors (Lipinski definition) is 4. The first-order valence-electron chi connectivity index (χ1n) is 6.03. The molecule has 2 aromatic heterocycles. The summed E-state index contributed by atoms with van der Waals surface area (Å²) in [6.07, 6.45) is 1.55. The third-order valence-corrected chi connectivity index (χ3v) is 3.04. The standard InChI is InChI=1S/C14H10BFN2O2/c16-12-6-2-1-4-10(12)13-8-11(15(19)20)9-5-3-7-17-14(9)18-13/h1-8,19-20H. The van der Waals surface area contributed by atoms with Gasteiger partial charge in [-0.3, -0.25) is 0 Å². The highest BCUT2D eigenvalue weighted by Crippen LogP contribution is 2.21. The van der Waals surface area contributed by atoms with E-state index >= 15 is 0 Å². The molecule has 2 N–H and O–H groups in total. The number of pyridine rings is 2. The number of aromatic nitrogens is 2. The van der Waals surface area contributed by atoms with E-state index in [-0.39, 0.29) is 5.46 Å². The zero-order valence-corrected chi connectivity index (χ0v) is 10.4. The van der Waals surface area contributed by atoms with E-state index in [2.05, 4.69) is 9.97 Å². The van der Waals surface area contributed by atoms with Crippen molar-refractivity contribution >= 4 is 23.6 Å². The highest BCUT2D eigenvalue weighted by molar-refractivity contribution is 6.62. The fraction of sp³-hybridized carbons (Fsp3) is 0. The lowest BCUT2D eigenvalue weighted by molar-refractivity contribution is 0.426. The Balaban J connectivity index is 2.30. The zero-order chi connectivity index (χ0) is 14.1. The number of benzene rings is 1. The van der Waals surface area contributed by atoms with E-state index in [1.807, 2.05) is 0 Å². The van der Waals surface area contributed by atoms with Crippen LogP contribution in [0.15, 0.2) is 48.7 Å². The van der Waals surface area contributed by atoms with Crippen molar-refractivity contribution in [2.45, 2.75) is 0 Å². The summed E-state index contributed by atoms with van der Waals surface area (Å²) in [6, 6.07) is 11.0. The summed E-state index contributed by atoms with van der Waals surface area (Å²) in [5.74, 6) is -0.423. The number of fused-ring (bicyclic) bond motifs is 1. The van der Waals surface area contributed by atoms with E-state index in [1.165, 1.54) is 12.1 Å². The number of rotatable bonds is 2. The van der Waals surface area contributed by atoms with Crippen LogP contribution in [0, 0.1) is 5.82 Å². The van der Waals surface area contributed by atoms with Gasteiger partial charge in [0, 0.05) is 17.1 Å². The highest BCUT2D eigenvalue weighted by atomic mass is 19.1. The van der Waals surface area contributed by atoms with E-state index in [1.54, 1.807) is 36.5 Å². The molecule has 0 amide bonds. The molecule has 0 saturated carbocycles. The van der Waals surface area contributed by atoms with Gasteiger partial charge in [-0.2, -0.15) is 0 Å². The predicted octanol–water partition coefficient (Wildman–Crippen LogP) is 1.12. The van der Waals surface area contributed by atoms with Crippen LogP contribution in [0.5, 0.6) is 0 Å². The molecule has 6 heteroatoms. The van der Waals surface area contributed by atoms with Crippen LogP contribution in [0.3, 0.4) is 0 Å². The van der Waals surface area contributed by atoms with Gasteiger partial charge in [-0.15, -0.1) is 0 Å². The second-order valence-corrected chi connectivity index (χ2v) is 4.32. The lowest BCUT2D eigenvalue weighted by Gasteiger charge is -2.09. The Labute approximate surface area is 114 Å². The van der Waals surface area contributed by atoms with Gasteiger partial charge in [0.1, 0.15) is 5.82 Å². The summed E-state index contributed by atoms with van der Waals surface area (Å²) in [5, 5.41) is 19.5. The average Bonchev–Trinajstić information content (AvgIpc) is 2.46. The quantitative estimate of drug-likeness (QED) is 0.683. The van der Waals surface area contributed by atoms with Crippen LogP contribution >= 0.6 is 0 Å². The Hall–Kier alpha value is -2.31. The fourth-order valence-electron chi connectivity index (χ4n) is 2.10. The molecule has 0 bridgehead atoms. The maximum absolute atomic E-state index is 13.8. The highest BCUT2D eigenvalue weighted by Gasteiger charge is 2.18. The van der Waals surface area contributed by atoms with Crippen molar-refractivity contribution < 1.29 is 14.4 Å². The minimum Gasteiger partial charge on any atom is -0.423 e. The molecule has 0 fully saturated rings. The minimum absolute atomic E-state index is 0.251. The number of hydrogen-bond donors (Lipinski definition) is 2. The minimum atomic E-state index is -1.67. The molecule has 0 aliphatic heterocycles. The van der Waals surface area contributed by atoms with Gasteiger partial charge < -0.3 is 10.0 Å². The van der Waals surface area contributed by atoms with Gasteiger partial charge in [0.2, 0.25) is 0 Å². The van der Waals surface area contributed by atoms with Crippen molar-refractivity contribution in [2.24, 2.45) is 0 Å². The van der Waals surface area contributed by atoms with Gasteiger partial charge in [-0.05, 0) is 29.7 Å². The van der Waals surface area contributed by atoms with Crippen LogP contribution in [-0.4, -0.2) is 27.1 Å². The molecule has 1 aromatic carbocycles. The Kier molecular flexibility index (Phi) is 3.18. The molecule has 4 nitrogen and oxygen atoms in total. The van der Waals surface area contributed by atoms with Crippen LogP contribution in [0.2, 0.25) is 0 Å². The molecule has 0 aliphatic rings. The molecule has 0 atom stereocenters. The topological polar surface area (TPSA) is 66.2 Å². The number of nitrogens with zero attached hydrogens (tertiary/aromatic N) is 2. The van der Waals surface area contributed by atoms with Crippen molar-refractivity contribution in [3.63, 3.8) is 0 Å². The molecule has 3 rings (SSSR count). The van der Waals surface area contributed by atoms with E-state index in [4.69, 9.17) is 0 Å². The maximum atomic E-state index is 13.8. The molecule has 0 saturated heterocycles. The van der Waals surface area contributed by atoms with Crippen LogP contribution < -0.4 is 5.46 Å². The molecule has 0 spiro atoms. The molecule has 0 radical (unpaired) electrons. The molecule has 0 aliphatic carbocycles.